The van der Waals surface area contributed by atoms with Crippen molar-refractivity contribution in [2.24, 2.45) is 0 Å². The van der Waals surface area contributed by atoms with Gasteiger partial charge < -0.3 is 4.90 Å². The zero-order valence-corrected chi connectivity index (χ0v) is 16.1. The van der Waals surface area contributed by atoms with Crippen molar-refractivity contribution in [1.29, 1.82) is 0 Å². The van der Waals surface area contributed by atoms with Crippen LogP contribution < -0.4 is 5.32 Å². The maximum atomic E-state index is 12.9. The van der Waals surface area contributed by atoms with Gasteiger partial charge in [0, 0.05) is 5.56 Å². The van der Waals surface area contributed by atoms with E-state index in [0.29, 0.717) is 23.8 Å². The van der Waals surface area contributed by atoms with E-state index in [4.69, 9.17) is 0 Å². The number of H-pyrrole nitrogens is 1. The summed E-state index contributed by atoms with van der Waals surface area (Å²) in [4.78, 5) is 43.3. The van der Waals surface area contributed by atoms with Crippen molar-refractivity contribution in [3.05, 3.63) is 30.3 Å². The molecule has 0 atom stereocenters. The van der Waals surface area contributed by atoms with Crippen molar-refractivity contribution in [1.82, 2.24) is 25.4 Å². The largest absolute Gasteiger partial charge is 0.318 e. The lowest BCUT2D eigenvalue weighted by atomic mass is 9.78. The summed E-state index contributed by atoms with van der Waals surface area (Å²) < 4.78 is 0. The van der Waals surface area contributed by atoms with Crippen LogP contribution in [0.15, 0.2) is 35.5 Å². The zero-order valence-electron chi connectivity index (χ0n) is 15.3. The van der Waals surface area contributed by atoms with E-state index in [1.54, 1.807) is 0 Å². The minimum Gasteiger partial charge on any atom is -0.318 e. The molecule has 2 heterocycles. The van der Waals surface area contributed by atoms with Crippen LogP contribution in [0.3, 0.4) is 0 Å². The van der Waals surface area contributed by atoms with Gasteiger partial charge in [-0.3, -0.25) is 24.8 Å². The summed E-state index contributed by atoms with van der Waals surface area (Å²) in [7, 11) is 0. The van der Waals surface area contributed by atoms with E-state index in [1.807, 2.05) is 30.3 Å². The summed E-state index contributed by atoms with van der Waals surface area (Å²) in [6.07, 6.45) is 3.99. The topological polar surface area (TPSA) is 108 Å². The first-order valence-corrected chi connectivity index (χ1v) is 10.3. The van der Waals surface area contributed by atoms with Gasteiger partial charge in [0.25, 0.3) is 5.91 Å². The number of imide groups is 1. The van der Waals surface area contributed by atoms with Gasteiger partial charge in [-0.15, -0.1) is 5.10 Å². The van der Waals surface area contributed by atoms with E-state index < -0.39 is 11.4 Å². The number of piperazine rings is 1. The van der Waals surface area contributed by atoms with Crippen molar-refractivity contribution >= 4 is 29.5 Å². The van der Waals surface area contributed by atoms with E-state index in [0.717, 1.165) is 24.8 Å². The second-order valence-corrected chi connectivity index (χ2v) is 8.01. The van der Waals surface area contributed by atoms with E-state index in [2.05, 4.69) is 20.5 Å². The minimum atomic E-state index is -0.891. The first kappa shape index (κ1) is 18.7. The molecule has 0 bridgehead atoms. The Morgan fingerprint density at radius 1 is 1.14 bits per heavy atom. The average Bonchev–Trinajstić information content (AvgIpc) is 3.20. The van der Waals surface area contributed by atoms with Gasteiger partial charge in [0.15, 0.2) is 5.82 Å². The predicted molar refractivity (Wildman–Crippen MR) is 103 cm³/mol. The third-order valence-corrected chi connectivity index (χ3v) is 6.14. The van der Waals surface area contributed by atoms with Gasteiger partial charge in [-0.25, -0.2) is 4.98 Å². The fraction of sp³-hybridized carbons (Fsp3) is 0.421. The average molecular weight is 399 g/mol. The Morgan fingerprint density at radius 3 is 2.64 bits per heavy atom. The Bertz CT molecular complexity index is 892. The third-order valence-electron chi connectivity index (χ3n) is 5.31. The van der Waals surface area contributed by atoms with Crippen LogP contribution in [0.25, 0.3) is 11.4 Å². The molecule has 1 aliphatic heterocycles. The van der Waals surface area contributed by atoms with E-state index in [-0.39, 0.29) is 24.1 Å². The number of aromatic nitrogens is 3. The molecule has 9 heteroatoms. The molecule has 2 N–H and O–H groups in total. The molecule has 1 spiro atoms. The van der Waals surface area contributed by atoms with Crippen LogP contribution in [0, 0.1) is 0 Å². The van der Waals surface area contributed by atoms with Gasteiger partial charge in [-0.2, -0.15) is 0 Å². The standard InChI is InChI=1S/C19H21N5O3S/c25-14-11-24(19(17(27)20-14)9-5-2-6-10-19)15(26)12-28-18-21-16(22-23-18)13-7-3-1-4-8-13/h1,3-4,7-8H,2,5-6,9-12H2,(H,20,25,27)(H,21,22,23). The molecule has 1 saturated carbocycles. The fourth-order valence-corrected chi connectivity index (χ4v) is 4.58. The van der Waals surface area contributed by atoms with Crippen LogP contribution in [0.2, 0.25) is 0 Å². The second kappa shape index (κ2) is 7.75. The quantitative estimate of drug-likeness (QED) is 0.599. The number of hydrogen-bond donors (Lipinski definition) is 2. The highest BCUT2D eigenvalue weighted by molar-refractivity contribution is 7.99. The monoisotopic (exact) mass is 399 g/mol. The lowest BCUT2D eigenvalue weighted by Crippen LogP contribution is -2.69. The second-order valence-electron chi connectivity index (χ2n) is 7.07. The van der Waals surface area contributed by atoms with Gasteiger partial charge in [-0.1, -0.05) is 61.4 Å². The van der Waals surface area contributed by atoms with Crippen LogP contribution >= 0.6 is 11.8 Å². The molecule has 0 radical (unpaired) electrons. The summed E-state index contributed by atoms with van der Waals surface area (Å²) >= 11 is 1.20. The molecule has 4 rings (SSSR count). The summed E-state index contributed by atoms with van der Waals surface area (Å²) in [5, 5.41) is 9.89. The van der Waals surface area contributed by atoms with E-state index in [1.165, 1.54) is 16.7 Å². The first-order valence-electron chi connectivity index (χ1n) is 9.34. The van der Waals surface area contributed by atoms with Crippen LogP contribution in [0.5, 0.6) is 0 Å². The molecular formula is C19H21N5O3S. The van der Waals surface area contributed by atoms with Crippen LogP contribution in [-0.4, -0.2) is 55.6 Å². The number of thioether (sulfide) groups is 1. The molecule has 146 valence electrons. The predicted octanol–water partition coefficient (Wildman–Crippen LogP) is 1.75. The van der Waals surface area contributed by atoms with Gasteiger partial charge in [0.2, 0.25) is 17.0 Å². The Labute approximate surface area is 166 Å². The van der Waals surface area contributed by atoms with E-state index in [9.17, 15) is 14.4 Å². The molecule has 1 saturated heterocycles. The normalized spacial score (nSPS) is 18.9. The van der Waals surface area contributed by atoms with Crippen molar-refractivity contribution in [2.45, 2.75) is 42.8 Å². The number of aromatic amines is 1. The fourth-order valence-electron chi connectivity index (χ4n) is 3.90. The van der Waals surface area contributed by atoms with Crippen molar-refractivity contribution in [3.63, 3.8) is 0 Å². The maximum Gasteiger partial charge on any atom is 0.252 e. The van der Waals surface area contributed by atoms with Gasteiger partial charge in [0.05, 0.1) is 5.75 Å². The van der Waals surface area contributed by atoms with Crippen molar-refractivity contribution in [3.8, 4) is 11.4 Å². The van der Waals surface area contributed by atoms with Crippen molar-refractivity contribution < 1.29 is 14.4 Å². The number of carbonyl (C=O) groups excluding carboxylic acids is 3. The van der Waals surface area contributed by atoms with Gasteiger partial charge >= 0.3 is 0 Å². The van der Waals surface area contributed by atoms with Gasteiger partial charge in [0.1, 0.15) is 12.1 Å². The highest BCUT2D eigenvalue weighted by Gasteiger charge is 2.50. The molecule has 1 aliphatic carbocycles. The maximum absolute atomic E-state index is 12.9. The van der Waals surface area contributed by atoms with E-state index >= 15 is 0 Å². The Kier molecular flexibility index (Phi) is 5.17. The number of rotatable bonds is 4. The molecule has 0 unspecified atom stereocenters. The Hall–Kier alpha value is -2.68. The van der Waals surface area contributed by atoms with Crippen LogP contribution in [0.1, 0.15) is 32.1 Å². The number of nitrogens with zero attached hydrogens (tertiary/aromatic N) is 3. The number of benzene rings is 1. The Balaban J connectivity index is 1.46. The number of hydrogen-bond acceptors (Lipinski definition) is 6. The molecule has 3 amide bonds. The number of amides is 3. The third kappa shape index (κ3) is 3.54. The summed E-state index contributed by atoms with van der Waals surface area (Å²) in [6, 6.07) is 9.59. The van der Waals surface area contributed by atoms with Crippen molar-refractivity contribution in [2.75, 3.05) is 12.3 Å². The summed E-state index contributed by atoms with van der Waals surface area (Å²) in [5.41, 5.74) is 0.0190. The molecule has 1 aromatic heterocycles. The minimum absolute atomic E-state index is 0.0750. The lowest BCUT2D eigenvalue weighted by Gasteiger charge is -2.47. The molecule has 2 fully saturated rings. The summed E-state index contributed by atoms with van der Waals surface area (Å²) in [6.45, 7) is -0.0750. The molecular weight excluding hydrogens is 378 g/mol. The number of carbonyl (C=O) groups is 3. The lowest BCUT2D eigenvalue weighted by molar-refractivity contribution is -0.158. The summed E-state index contributed by atoms with van der Waals surface area (Å²) in [5.74, 6) is -0.295. The van der Waals surface area contributed by atoms with Crippen LogP contribution in [-0.2, 0) is 14.4 Å². The first-order chi connectivity index (χ1) is 13.6. The Morgan fingerprint density at radius 2 is 1.89 bits per heavy atom. The molecule has 2 aromatic rings. The molecule has 2 aliphatic rings. The van der Waals surface area contributed by atoms with Crippen LogP contribution in [0.4, 0.5) is 0 Å². The zero-order chi connectivity index (χ0) is 19.6. The molecule has 1 aromatic carbocycles. The number of nitrogens with one attached hydrogen (secondary N) is 2. The highest BCUT2D eigenvalue weighted by atomic mass is 32.2. The highest BCUT2D eigenvalue weighted by Crippen LogP contribution is 2.36. The molecule has 28 heavy (non-hydrogen) atoms. The van der Waals surface area contributed by atoms with Gasteiger partial charge in [-0.05, 0) is 12.8 Å². The molecule has 8 nitrogen and oxygen atoms in total. The smallest absolute Gasteiger partial charge is 0.252 e. The SMILES string of the molecule is O=C1CN(C(=O)CSc2n[nH]c(-c3ccccc3)n2)C2(CCCCC2)C(=O)N1.